The Morgan fingerprint density at radius 3 is 2.42 bits per heavy atom. The number of amides is 1. The lowest BCUT2D eigenvalue weighted by Gasteiger charge is -2.28. The molecule has 0 saturated heterocycles. The highest BCUT2D eigenvalue weighted by Crippen LogP contribution is 2.25. The third-order valence-corrected chi connectivity index (χ3v) is 4.58. The Morgan fingerprint density at radius 2 is 1.83 bits per heavy atom. The van der Waals surface area contributed by atoms with Crippen molar-refractivity contribution in [1.29, 1.82) is 0 Å². The molecule has 6 heteroatoms. The van der Waals surface area contributed by atoms with Crippen molar-refractivity contribution in [2.75, 3.05) is 0 Å². The van der Waals surface area contributed by atoms with Crippen LogP contribution in [0, 0.1) is 5.92 Å². The van der Waals surface area contributed by atoms with E-state index in [1.54, 1.807) is 23.1 Å². The van der Waals surface area contributed by atoms with Crippen LogP contribution in [0.2, 0.25) is 0 Å². The van der Waals surface area contributed by atoms with Crippen molar-refractivity contribution in [2.45, 2.75) is 37.8 Å². The molecule has 1 aliphatic rings. The highest BCUT2D eigenvalue weighted by Gasteiger charge is 2.29. The molecule has 1 heterocycles. The molecule has 24 heavy (non-hydrogen) atoms. The Hall–Kier alpha value is -2.63. The van der Waals surface area contributed by atoms with Gasteiger partial charge in [-0.1, -0.05) is 30.3 Å². The van der Waals surface area contributed by atoms with Gasteiger partial charge in [-0.05, 0) is 37.3 Å². The number of benzene rings is 1. The second kappa shape index (κ2) is 7.29. The molecular weight excluding hydrogens is 306 g/mol. The number of rotatable bonds is 5. The molecule has 1 amide bonds. The number of aromatic nitrogens is 2. The zero-order valence-electron chi connectivity index (χ0n) is 13.3. The highest BCUT2D eigenvalue weighted by molar-refractivity contribution is 5.83. The smallest absolute Gasteiger partial charge is 0.306 e. The minimum absolute atomic E-state index is 0.0230. The predicted molar refractivity (Wildman–Crippen MR) is 88.3 cm³/mol. The van der Waals surface area contributed by atoms with Crippen LogP contribution in [-0.4, -0.2) is 32.8 Å². The van der Waals surface area contributed by atoms with Crippen molar-refractivity contribution in [3.8, 4) is 0 Å². The molecule has 2 N–H and O–H groups in total. The van der Waals surface area contributed by atoms with E-state index in [9.17, 15) is 9.59 Å². The van der Waals surface area contributed by atoms with Crippen molar-refractivity contribution in [2.24, 2.45) is 5.92 Å². The van der Waals surface area contributed by atoms with Crippen molar-refractivity contribution >= 4 is 11.9 Å². The van der Waals surface area contributed by atoms with E-state index >= 15 is 0 Å². The number of nitrogens with zero attached hydrogens (tertiary/aromatic N) is 2. The normalized spacial score (nSPS) is 21.8. The van der Waals surface area contributed by atoms with Gasteiger partial charge in [0.05, 0.1) is 5.92 Å². The van der Waals surface area contributed by atoms with E-state index in [1.807, 2.05) is 30.3 Å². The topological polar surface area (TPSA) is 84.2 Å². The van der Waals surface area contributed by atoms with Crippen LogP contribution in [0.4, 0.5) is 0 Å². The summed E-state index contributed by atoms with van der Waals surface area (Å²) in [7, 11) is 0. The highest BCUT2D eigenvalue weighted by atomic mass is 16.4. The molecule has 0 spiro atoms. The summed E-state index contributed by atoms with van der Waals surface area (Å²) in [5.41, 5.74) is 0.873. The first-order valence-electron chi connectivity index (χ1n) is 8.22. The third kappa shape index (κ3) is 3.64. The van der Waals surface area contributed by atoms with Crippen LogP contribution >= 0.6 is 0 Å². The Labute approximate surface area is 140 Å². The molecule has 6 nitrogen and oxygen atoms in total. The fourth-order valence-electron chi connectivity index (χ4n) is 3.26. The molecule has 1 unspecified atom stereocenters. The third-order valence-electron chi connectivity index (χ3n) is 4.58. The number of carbonyl (C=O) groups is 2. The van der Waals surface area contributed by atoms with Gasteiger partial charge < -0.3 is 10.4 Å². The number of aliphatic carboxylic acids is 1. The van der Waals surface area contributed by atoms with Gasteiger partial charge in [-0.3, -0.25) is 14.3 Å². The van der Waals surface area contributed by atoms with Gasteiger partial charge >= 0.3 is 5.97 Å². The van der Waals surface area contributed by atoms with Crippen LogP contribution in [-0.2, 0) is 9.59 Å². The van der Waals surface area contributed by atoms with E-state index in [0.29, 0.717) is 25.7 Å². The van der Waals surface area contributed by atoms with Gasteiger partial charge in [0.2, 0.25) is 5.91 Å². The molecule has 126 valence electrons. The van der Waals surface area contributed by atoms with E-state index in [0.717, 1.165) is 5.56 Å². The molecule has 1 aromatic heterocycles. The number of hydrogen-bond donors (Lipinski definition) is 2. The molecule has 2 aromatic rings. The standard InChI is InChI=1S/C18H21N3O3/c22-17(20-15-9-7-14(8-10-15)18(23)24)16(21-12-4-11-19-21)13-5-2-1-3-6-13/h1-6,11-12,14-16H,7-10H2,(H,20,22)(H,23,24). The summed E-state index contributed by atoms with van der Waals surface area (Å²) in [6, 6.07) is 10.8. The molecule has 3 rings (SSSR count). The quantitative estimate of drug-likeness (QED) is 0.882. The van der Waals surface area contributed by atoms with Crippen LogP contribution in [0.25, 0.3) is 0 Å². The molecule has 0 radical (unpaired) electrons. The Balaban J connectivity index is 1.70. The summed E-state index contributed by atoms with van der Waals surface area (Å²) in [4.78, 5) is 23.9. The minimum Gasteiger partial charge on any atom is -0.481 e. The lowest BCUT2D eigenvalue weighted by Crippen LogP contribution is -2.42. The minimum atomic E-state index is -0.738. The van der Waals surface area contributed by atoms with Crippen molar-refractivity contribution in [3.63, 3.8) is 0 Å². The zero-order chi connectivity index (χ0) is 16.9. The molecule has 1 saturated carbocycles. The number of nitrogens with one attached hydrogen (secondary N) is 1. The maximum atomic E-state index is 12.8. The lowest BCUT2D eigenvalue weighted by molar-refractivity contribution is -0.142. The number of carboxylic acid groups (broad SMARTS) is 1. The van der Waals surface area contributed by atoms with Gasteiger partial charge in [-0.2, -0.15) is 5.10 Å². The maximum Gasteiger partial charge on any atom is 0.306 e. The monoisotopic (exact) mass is 327 g/mol. The first kappa shape index (κ1) is 16.2. The number of carbonyl (C=O) groups excluding carboxylic acids is 1. The Bertz CT molecular complexity index is 677. The van der Waals surface area contributed by atoms with Crippen LogP contribution in [0.3, 0.4) is 0 Å². The summed E-state index contributed by atoms with van der Waals surface area (Å²) < 4.78 is 1.65. The first-order chi connectivity index (χ1) is 11.6. The molecule has 1 fully saturated rings. The molecule has 0 aliphatic heterocycles. The van der Waals surface area contributed by atoms with Crippen LogP contribution in [0.5, 0.6) is 0 Å². The number of carboxylic acids is 1. The molecular formula is C18H21N3O3. The van der Waals surface area contributed by atoms with Gasteiger partial charge in [0.25, 0.3) is 0 Å². The van der Waals surface area contributed by atoms with Gasteiger partial charge in [-0.25, -0.2) is 0 Å². The fourth-order valence-corrected chi connectivity index (χ4v) is 3.26. The predicted octanol–water partition coefficient (Wildman–Crippen LogP) is 2.23. The van der Waals surface area contributed by atoms with Gasteiger partial charge in [-0.15, -0.1) is 0 Å². The molecule has 0 bridgehead atoms. The maximum absolute atomic E-state index is 12.8. The summed E-state index contributed by atoms with van der Waals surface area (Å²) in [5.74, 6) is -1.13. The Morgan fingerprint density at radius 1 is 1.12 bits per heavy atom. The van der Waals surface area contributed by atoms with E-state index in [4.69, 9.17) is 5.11 Å². The number of hydrogen-bond acceptors (Lipinski definition) is 3. The second-order valence-corrected chi connectivity index (χ2v) is 6.19. The lowest BCUT2D eigenvalue weighted by atomic mass is 9.86. The molecule has 1 aliphatic carbocycles. The van der Waals surface area contributed by atoms with E-state index in [1.165, 1.54) is 0 Å². The Kier molecular flexibility index (Phi) is 4.93. The summed E-state index contributed by atoms with van der Waals surface area (Å²) in [6.07, 6.45) is 6.04. The van der Waals surface area contributed by atoms with Gasteiger partial charge in [0.1, 0.15) is 0 Å². The van der Waals surface area contributed by atoms with Gasteiger partial charge in [0.15, 0.2) is 6.04 Å². The molecule has 1 aromatic carbocycles. The summed E-state index contributed by atoms with van der Waals surface area (Å²) in [6.45, 7) is 0. The SMILES string of the molecule is O=C(O)C1CCC(NC(=O)C(c2ccccc2)n2cccn2)CC1. The first-order valence-corrected chi connectivity index (χ1v) is 8.22. The average Bonchev–Trinajstić information content (AvgIpc) is 3.10. The summed E-state index contributed by atoms with van der Waals surface area (Å²) >= 11 is 0. The van der Waals surface area contributed by atoms with Crippen molar-refractivity contribution < 1.29 is 14.7 Å². The molecule has 1 atom stereocenters. The van der Waals surface area contributed by atoms with Crippen LogP contribution in [0.15, 0.2) is 48.8 Å². The van der Waals surface area contributed by atoms with Gasteiger partial charge in [0, 0.05) is 18.4 Å². The van der Waals surface area contributed by atoms with Crippen LogP contribution in [0.1, 0.15) is 37.3 Å². The van der Waals surface area contributed by atoms with Crippen LogP contribution < -0.4 is 5.32 Å². The van der Waals surface area contributed by atoms with E-state index in [2.05, 4.69) is 10.4 Å². The second-order valence-electron chi connectivity index (χ2n) is 6.19. The van der Waals surface area contributed by atoms with E-state index in [-0.39, 0.29) is 17.9 Å². The van der Waals surface area contributed by atoms with E-state index < -0.39 is 12.0 Å². The average molecular weight is 327 g/mol. The van der Waals surface area contributed by atoms with Crippen molar-refractivity contribution in [3.05, 3.63) is 54.4 Å². The fraction of sp³-hybridized carbons (Fsp3) is 0.389. The summed E-state index contributed by atoms with van der Waals surface area (Å²) in [5, 5.41) is 16.4. The largest absolute Gasteiger partial charge is 0.481 e. The zero-order valence-corrected chi connectivity index (χ0v) is 13.3. The van der Waals surface area contributed by atoms with Crippen molar-refractivity contribution in [1.82, 2.24) is 15.1 Å².